The molecule has 0 unspecified atom stereocenters. The second-order valence-electron chi connectivity index (χ2n) is 8.35. The largest absolute Gasteiger partial charge is 0.356 e. The van der Waals surface area contributed by atoms with Crippen LogP contribution in [0.4, 0.5) is 0 Å². The van der Waals surface area contributed by atoms with Gasteiger partial charge < -0.3 is 10.2 Å². The summed E-state index contributed by atoms with van der Waals surface area (Å²) in [6.07, 6.45) is 2.40. The molecule has 1 aromatic heterocycles. The highest BCUT2D eigenvalue weighted by Crippen LogP contribution is 2.42. The Balaban J connectivity index is 1.52. The molecule has 2 heterocycles. The molecule has 5 heteroatoms. The topological polar surface area (TPSA) is 49.4 Å². The number of nitrogens with one attached hydrogen (secondary N) is 1. The van der Waals surface area contributed by atoms with Gasteiger partial charge in [-0.05, 0) is 65.6 Å². The molecule has 1 aliphatic carbocycles. The van der Waals surface area contributed by atoms with E-state index in [4.69, 9.17) is 0 Å². The third kappa shape index (κ3) is 3.72. The number of rotatable bonds is 6. The van der Waals surface area contributed by atoms with Crippen molar-refractivity contribution in [3.05, 3.63) is 46.7 Å². The zero-order valence-corrected chi connectivity index (χ0v) is 17.4. The van der Waals surface area contributed by atoms with E-state index in [1.54, 1.807) is 11.3 Å². The van der Waals surface area contributed by atoms with E-state index >= 15 is 0 Å². The highest BCUT2D eigenvalue weighted by Gasteiger charge is 2.49. The van der Waals surface area contributed by atoms with Crippen LogP contribution in [0.15, 0.2) is 41.1 Å². The van der Waals surface area contributed by atoms with E-state index < -0.39 is 5.41 Å². The fourth-order valence-corrected chi connectivity index (χ4v) is 5.02. The van der Waals surface area contributed by atoms with Crippen molar-refractivity contribution in [2.45, 2.75) is 33.1 Å². The lowest BCUT2D eigenvalue weighted by molar-refractivity contribution is -0.134. The van der Waals surface area contributed by atoms with E-state index in [1.165, 1.54) is 11.1 Å². The van der Waals surface area contributed by atoms with Crippen molar-refractivity contribution < 1.29 is 9.59 Å². The Morgan fingerprint density at radius 2 is 1.96 bits per heavy atom. The van der Waals surface area contributed by atoms with Gasteiger partial charge in [0.1, 0.15) is 0 Å². The Labute approximate surface area is 170 Å². The summed E-state index contributed by atoms with van der Waals surface area (Å²) in [6, 6.07) is 10.6. The minimum Gasteiger partial charge on any atom is -0.356 e. The van der Waals surface area contributed by atoms with Gasteiger partial charge in [-0.3, -0.25) is 9.59 Å². The first kappa shape index (κ1) is 19.2. The van der Waals surface area contributed by atoms with E-state index in [-0.39, 0.29) is 17.7 Å². The molecule has 1 saturated carbocycles. The zero-order chi connectivity index (χ0) is 19.7. The number of thiophene rings is 1. The minimum atomic E-state index is -0.520. The van der Waals surface area contributed by atoms with Gasteiger partial charge in [-0.25, -0.2) is 0 Å². The lowest BCUT2D eigenvalue weighted by Gasteiger charge is -2.28. The van der Waals surface area contributed by atoms with Crippen molar-refractivity contribution in [3.63, 3.8) is 0 Å². The van der Waals surface area contributed by atoms with Crippen molar-refractivity contribution in [2.75, 3.05) is 19.6 Å². The second kappa shape index (κ2) is 7.70. The molecule has 0 bridgehead atoms. The van der Waals surface area contributed by atoms with Gasteiger partial charge >= 0.3 is 0 Å². The van der Waals surface area contributed by atoms with Gasteiger partial charge in [-0.15, -0.1) is 0 Å². The zero-order valence-electron chi connectivity index (χ0n) is 16.6. The summed E-state index contributed by atoms with van der Waals surface area (Å²) in [5.74, 6) is 0.995. The van der Waals surface area contributed by atoms with Crippen molar-refractivity contribution in [1.82, 2.24) is 10.2 Å². The average molecular weight is 397 g/mol. The summed E-state index contributed by atoms with van der Waals surface area (Å²) in [5.41, 5.74) is 3.06. The Hall–Kier alpha value is -2.14. The van der Waals surface area contributed by atoms with Crippen LogP contribution in [0.2, 0.25) is 0 Å². The number of likely N-dealkylation sites (tertiary alicyclic amines) is 1. The molecule has 1 saturated heterocycles. The van der Waals surface area contributed by atoms with E-state index in [2.05, 4.69) is 53.3 Å². The molecule has 1 aliphatic heterocycles. The molecule has 2 amide bonds. The van der Waals surface area contributed by atoms with Crippen LogP contribution >= 0.6 is 11.3 Å². The molecule has 2 aliphatic rings. The Morgan fingerprint density at radius 3 is 2.57 bits per heavy atom. The van der Waals surface area contributed by atoms with Crippen molar-refractivity contribution >= 4 is 23.2 Å². The van der Waals surface area contributed by atoms with Gasteiger partial charge in [-0.1, -0.05) is 31.2 Å². The fraction of sp³-hybridized carbons (Fsp3) is 0.478. The SMILES string of the molecule is CCNC(=O)[C@]1(Cc2ccc(-c3ccsc3)cc2)CCN(C(=O)[C@@H]2C[C@H]2C)C1. The van der Waals surface area contributed by atoms with Crippen LogP contribution in [0.1, 0.15) is 32.3 Å². The molecule has 0 radical (unpaired) electrons. The standard InChI is InChI=1S/C23H28N2O2S/c1-3-24-22(27)23(9-10-25(15-23)21(26)20-12-16(20)2)13-17-4-6-18(7-5-17)19-8-11-28-14-19/h4-8,11,14,16,20H,3,9-10,12-13,15H2,1-2H3,(H,24,27)/t16-,20-,23+/m1/s1. The predicted molar refractivity (Wildman–Crippen MR) is 113 cm³/mol. The Kier molecular flexibility index (Phi) is 5.28. The number of benzene rings is 1. The van der Waals surface area contributed by atoms with Crippen LogP contribution in [0.3, 0.4) is 0 Å². The molecule has 4 nitrogen and oxygen atoms in total. The first-order chi connectivity index (χ1) is 13.5. The average Bonchev–Trinajstić information content (AvgIpc) is 3.10. The maximum Gasteiger partial charge on any atom is 0.228 e. The number of carbonyl (C=O) groups is 2. The first-order valence-electron chi connectivity index (χ1n) is 10.2. The van der Waals surface area contributed by atoms with Crippen molar-refractivity contribution in [1.29, 1.82) is 0 Å². The van der Waals surface area contributed by atoms with Crippen LogP contribution in [-0.4, -0.2) is 36.3 Å². The highest BCUT2D eigenvalue weighted by molar-refractivity contribution is 7.08. The quantitative estimate of drug-likeness (QED) is 0.803. The molecule has 1 aromatic carbocycles. The summed E-state index contributed by atoms with van der Waals surface area (Å²) in [5, 5.41) is 7.24. The lowest BCUT2D eigenvalue weighted by Crippen LogP contribution is -2.45. The number of nitrogens with zero attached hydrogens (tertiary/aromatic N) is 1. The molecule has 2 aromatic rings. The summed E-state index contributed by atoms with van der Waals surface area (Å²) >= 11 is 1.69. The minimum absolute atomic E-state index is 0.0797. The maximum atomic E-state index is 13.0. The molecule has 4 rings (SSSR count). The highest BCUT2D eigenvalue weighted by atomic mass is 32.1. The third-order valence-electron chi connectivity index (χ3n) is 6.26. The lowest BCUT2D eigenvalue weighted by atomic mass is 9.79. The van der Waals surface area contributed by atoms with Gasteiger partial charge in [0, 0.05) is 25.6 Å². The molecule has 1 N–H and O–H groups in total. The number of carbonyl (C=O) groups excluding carboxylic acids is 2. The molecule has 3 atom stereocenters. The van der Waals surface area contributed by atoms with Gasteiger partial charge in [0.25, 0.3) is 0 Å². The van der Waals surface area contributed by atoms with Crippen LogP contribution < -0.4 is 5.32 Å². The smallest absolute Gasteiger partial charge is 0.228 e. The van der Waals surface area contributed by atoms with Crippen LogP contribution in [0, 0.1) is 17.3 Å². The van der Waals surface area contributed by atoms with E-state index in [9.17, 15) is 9.59 Å². The predicted octanol–water partition coefficient (Wildman–Crippen LogP) is 3.97. The maximum absolute atomic E-state index is 13.0. The second-order valence-corrected chi connectivity index (χ2v) is 9.13. The normalized spacial score (nSPS) is 26.3. The Bertz CT molecular complexity index is 846. The van der Waals surface area contributed by atoms with E-state index in [1.807, 2.05) is 11.8 Å². The van der Waals surface area contributed by atoms with E-state index in [0.29, 0.717) is 32.0 Å². The Morgan fingerprint density at radius 1 is 1.21 bits per heavy atom. The van der Waals surface area contributed by atoms with Crippen molar-refractivity contribution in [3.8, 4) is 11.1 Å². The van der Waals surface area contributed by atoms with Gasteiger partial charge in [0.05, 0.1) is 5.41 Å². The van der Waals surface area contributed by atoms with Crippen molar-refractivity contribution in [2.24, 2.45) is 17.3 Å². The van der Waals surface area contributed by atoms with Gasteiger partial charge in [0.15, 0.2) is 0 Å². The molecular weight excluding hydrogens is 368 g/mol. The molecule has 0 spiro atoms. The van der Waals surface area contributed by atoms with Crippen LogP contribution in [-0.2, 0) is 16.0 Å². The van der Waals surface area contributed by atoms with Crippen LogP contribution in [0.25, 0.3) is 11.1 Å². The number of hydrogen-bond acceptors (Lipinski definition) is 3. The van der Waals surface area contributed by atoms with Crippen LogP contribution in [0.5, 0.6) is 0 Å². The number of hydrogen-bond donors (Lipinski definition) is 1. The molecule has 28 heavy (non-hydrogen) atoms. The molecular formula is C23H28N2O2S. The van der Waals surface area contributed by atoms with Gasteiger partial charge in [0.2, 0.25) is 11.8 Å². The van der Waals surface area contributed by atoms with Gasteiger partial charge in [-0.2, -0.15) is 11.3 Å². The summed E-state index contributed by atoms with van der Waals surface area (Å²) in [4.78, 5) is 27.6. The molecule has 148 valence electrons. The fourth-order valence-electron chi connectivity index (χ4n) is 4.35. The summed E-state index contributed by atoms with van der Waals surface area (Å²) in [6.45, 7) is 5.92. The molecule has 2 fully saturated rings. The van der Waals surface area contributed by atoms with E-state index in [0.717, 1.165) is 18.4 Å². The first-order valence-corrected chi connectivity index (χ1v) is 11.2. The summed E-state index contributed by atoms with van der Waals surface area (Å²) in [7, 11) is 0. The monoisotopic (exact) mass is 396 g/mol. The summed E-state index contributed by atoms with van der Waals surface area (Å²) < 4.78 is 0. The number of amides is 2. The third-order valence-corrected chi connectivity index (χ3v) is 6.95.